The molecule has 0 N–H and O–H groups in total. The number of rotatable bonds is 1. The average molecular weight is 180 g/mol. The van der Waals surface area contributed by atoms with E-state index in [1.54, 1.807) is 25.7 Å². The van der Waals surface area contributed by atoms with Gasteiger partial charge in [0.1, 0.15) is 0 Å². The Morgan fingerprint density at radius 1 is 0.692 bits per heavy atom. The van der Waals surface area contributed by atoms with Gasteiger partial charge in [-0.15, -0.1) is 0 Å². The van der Waals surface area contributed by atoms with Gasteiger partial charge in [-0.3, -0.25) is 0 Å². The summed E-state index contributed by atoms with van der Waals surface area (Å²) in [6.45, 7) is 2.45. The minimum absolute atomic E-state index is 1.03. The van der Waals surface area contributed by atoms with Gasteiger partial charge >= 0.3 is 0 Å². The van der Waals surface area contributed by atoms with E-state index >= 15 is 0 Å². The molecule has 0 aliphatic heterocycles. The zero-order chi connectivity index (χ0) is 9.10. The maximum absolute atomic E-state index is 2.45. The van der Waals surface area contributed by atoms with Crippen molar-refractivity contribution in [3.63, 3.8) is 0 Å². The topological polar surface area (TPSA) is 0 Å². The molecule has 0 heterocycles. The lowest BCUT2D eigenvalue weighted by molar-refractivity contribution is 0.166. The molecule has 76 valence electrons. The fourth-order valence-electron chi connectivity index (χ4n) is 3.51. The summed E-state index contributed by atoms with van der Waals surface area (Å²) in [6.07, 6.45) is 13.8. The van der Waals surface area contributed by atoms with Crippen molar-refractivity contribution in [2.24, 2.45) is 17.8 Å². The van der Waals surface area contributed by atoms with Gasteiger partial charge in [-0.25, -0.2) is 0 Å². The van der Waals surface area contributed by atoms with Crippen LogP contribution < -0.4 is 0 Å². The molecule has 0 heteroatoms. The molecule has 2 fully saturated rings. The van der Waals surface area contributed by atoms with E-state index in [9.17, 15) is 0 Å². The van der Waals surface area contributed by atoms with E-state index < -0.39 is 0 Å². The maximum atomic E-state index is 2.45. The first-order valence-electron chi connectivity index (χ1n) is 6.36. The zero-order valence-corrected chi connectivity index (χ0v) is 9.10. The smallest absolute Gasteiger partial charge is 0.0383 e. The molecule has 2 saturated carbocycles. The predicted octanol–water partition coefficient (Wildman–Crippen LogP) is 4.39. The summed E-state index contributed by atoms with van der Waals surface area (Å²) in [5.74, 6) is 3.27. The Morgan fingerprint density at radius 2 is 1.38 bits per heavy atom. The van der Waals surface area contributed by atoms with Crippen LogP contribution in [0.15, 0.2) is 0 Å². The first-order valence-corrected chi connectivity index (χ1v) is 6.36. The summed E-state index contributed by atoms with van der Waals surface area (Å²) in [5, 5.41) is 0. The van der Waals surface area contributed by atoms with E-state index in [1.807, 2.05) is 0 Å². The number of hydrogen-bond donors (Lipinski definition) is 0. The Kier molecular flexibility index (Phi) is 3.29. The van der Waals surface area contributed by atoms with Crippen molar-refractivity contribution in [1.29, 1.82) is 0 Å². The maximum Gasteiger partial charge on any atom is -0.0383 e. The van der Waals surface area contributed by atoms with E-state index in [-0.39, 0.29) is 0 Å². The molecule has 0 aromatic rings. The second-order valence-corrected chi connectivity index (χ2v) is 5.43. The Morgan fingerprint density at radius 3 is 2.08 bits per heavy atom. The van der Waals surface area contributed by atoms with Gasteiger partial charge in [0, 0.05) is 0 Å². The lowest BCUT2D eigenvalue weighted by Gasteiger charge is -2.35. The minimum Gasteiger partial charge on any atom is -0.0625 e. The SMILES string of the molecule is CC1CCCC(C2CCCCC2)C1. The summed E-state index contributed by atoms with van der Waals surface area (Å²) < 4.78 is 0. The molecule has 0 aromatic carbocycles. The highest BCUT2D eigenvalue weighted by Crippen LogP contribution is 2.39. The second kappa shape index (κ2) is 4.48. The zero-order valence-electron chi connectivity index (χ0n) is 9.10. The average Bonchev–Trinajstić information content (AvgIpc) is 2.19. The van der Waals surface area contributed by atoms with E-state index in [0.717, 1.165) is 17.8 Å². The van der Waals surface area contributed by atoms with Crippen LogP contribution in [0.5, 0.6) is 0 Å². The quantitative estimate of drug-likeness (QED) is 0.561. The minimum atomic E-state index is 1.03. The third kappa shape index (κ3) is 2.48. The molecule has 2 rings (SSSR count). The predicted molar refractivity (Wildman–Crippen MR) is 57.7 cm³/mol. The van der Waals surface area contributed by atoms with Crippen LogP contribution in [0.25, 0.3) is 0 Å². The molecule has 2 aliphatic carbocycles. The largest absolute Gasteiger partial charge is 0.0625 e. The van der Waals surface area contributed by atoms with Gasteiger partial charge in [-0.1, -0.05) is 58.3 Å². The highest BCUT2D eigenvalue weighted by atomic mass is 14.3. The molecule has 0 radical (unpaired) electrons. The van der Waals surface area contributed by atoms with Gasteiger partial charge in [-0.05, 0) is 24.2 Å². The van der Waals surface area contributed by atoms with Crippen LogP contribution in [-0.2, 0) is 0 Å². The van der Waals surface area contributed by atoms with Crippen molar-refractivity contribution < 1.29 is 0 Å². The van der Waals surface area contributed by atoms with E-state index in [4.69, 9.17) is 0 Å². The molecular formula is C13H24. The lowest BCUT2D eigenvalue weighted by Crippen LogP contribution is -2.23. The van der Waals surface area contributed by atoms with Crippen molar-refractivity contribution in [3.05, 3.63) is 0 Å². The van der Waals surface area contributed by atoms with Crippen LogP contribution in [0.4, 0.5) is 0 Å². The van der Waals surface area contributed by atoms with Crippen LogP contribution in [-0.4, -0.2) is 0 Å². The molecule has 0 aromatic heterocycles. The van der Waals surface area contributed by atoms with Gasteiger partial charge in [0.15, 0.2) is 0 Å². The summed E-state index contributed by atoms with van der Waals surface area (Å²) >= 11 is 0. The second-order valence-electron chi connectivity index (χ2n) is 5.43. The summed E-state index contributed by atoms with van der Waals surface area (Å²) in [6, 6.07) is 0. The van der Waals surface area contributed by atoms with E-state index in [0.29, 0.717) is 0 Å². The van der Waals surface area contributed by atoms with Gasteiger partial charge in [0.05, 0.1) is 0 Å². The molecule has 0 spiro atoms. The van der Waals surface area contributed by atoms with Crippen LogP contribution in [0, 0.1) is 17.8 Å². The molecule has 2 atom stereocenters. The summed E-state index contributed by atoms with van der Waals surface area (Å²) in [4.78, 5) is 0. The van der Waals surface area contributed by atoms with E-state index in [2.05, 4.69) is 6.92 Å². The Balaban J connectivity index is 1.83. The fourth-order valence-corrected chi connectivity index (χ4v) is 3.51. The van der Waals surface area contributed by atoms with Gasteiger partial charge < -0.3 is 0 Å². The van der Waals surface area contributed by atoms with Crippen molar-refractivity contribution in [2.45, 2.75) is 64.7 Å². The first kappa shape index (κ1) is 9.55. The molecule has 0 amide bonds. The van der Waals surface area contributed by atoms with Crippen molar-refractivity contribution >= 4 is 0 Å². The fraction of sp³-hybridized carbons (Fsp3) is 1.00. The van der Waals surface area contributed by atoms with Crippen LogP contribution >= 0.6 is 0 Å². The number of hydrogen-bond acceptors (Lipinski definition) is 0. The highest BCUT2D eigenvalue weighted by Gasteiger charge is 2.27. The molecule has 13 heavy (non-hydrogen) atoms. The monoisotopic (exact) mass is 180 g/mol. The lowest BCUT2D eigenvalue weighted by atomic mass is 9.71. The molecule has 2 unspecified atom stereocenters. The molecule has 0 bridgehead atoms. The third-order valence-corrected chi connectivity index (χ3v) is 4.29. The Hall–Kier alpha value is 0. The normalized spacial score (nSPS) is 37.6. The summed E-state index contributed by atoms with van der Waals surface area (Å²) in [5.41, 5.74) is 0. The molecular weight excluding hydrogens is 156 g/mol. The van der Waals surface area contributed by atoms with Gasteiger partial charge in [0.25, 0.3) is 0 Å². The molecule has 2 aliphatic rings. The highest BCUT2D eigenvalue weighted by molar-refractivity contribution is 4.78. The third-order valence-electron chi connectivity index (χ3n) is 4.29. The molecule has 0 nitrogen and oxygen atoms in total. The summed E-state index contributed by atoms with van der Waals surface area (Å²) in [7, 11) is 0. The van der Waals surface area contributed by atoms with E-state index in [1.165, 1.54) is 32.1 Å². The van der Waals surface area contributed by atoms with Crippen molar-refractivity contribution in [2.75, 3.05) is 0 Å². The standard InChI is InChI=1S/C13H24/c1-11-6-5-9-13(10-11)12-7-3-2-4-8-12/h11-13H,2-10H2,1H3. The van der Waals surface area contributed by atoms with Crippen molar-refractivity contribution in [1.82, 2.24) is 0 Å². The molecule has 0 saturated heterocycles. The van der Waals surface area contributed by atoms with Gasteiger partial charge in [0.2, 0.25) is 0 Å². The first-order chi connectivity index (χ1) is 6.36. The van der Waals surface area contributed by atoms with Gasteiger partial charge in [-0.2, -0.15) is 0 Å². The van der Waals surface area contributed by atoms with Crippen LogP contribution in [0.3, 0.4) is 0 Å². The van der Waals surface area contributed by atoms with Crippen LogP contribution in [0.2, 0.25) is 0 Å². The Labute approximate surface area is 83.1 Å². The van der Waals surface area contributed by atoms with Crippen molar-refractivity contribution in [3.8, 4) is 0 Å². The Bertz CT molecular complexity index is 144. The van der Waals surface area contributed by atoms with Crippen LogP contribution in [0.1, 0.15) is 64.7 Å².